The Hall–Kier alpha value is -1.39. The van der Waals surface area contributed by atoms with Crippen molar-refractivity contribution in [3.05, 3.63) is 35.4 Å². The molecular formula is C11H15NO3. The molecule has 0 aliphatic heterocycles. The van der Waals surface area contributed by atoms with Gasteiger partial charge in [0.1, 0.15) is 0 Å². The van der Waals surface area contributed by atoms with Gasteiger partial charge in [-0.05, 0) is 24.1 Å². The third-order valence-corrected chi connectivity index (χ3v) is 2.20. The first-order valence-corrected chi connectivity index (χ1v) is 4.73. The highest BCUT2D eigenvalue weighted by Crippen LogP contribution is 2.14. The molecule has 3 N–H and O–H groups in total. The topological polar surface area (TPSA) is 72.5 Å². The number of carbonyl (C=O) groups excluding carboxylic acids is 1. The van der Waals surface area contributed by atoms with E-state index in [-0.39, 0.29) is 18.6 Å². The lowest BCUT2D eigenvalue weighted by atomic mass is 10.0. The van der Waals surface area contributed by atoms with Gasteiger partial charge in [-0.25, -0.2) is 4.79 Å². The zero-order valence-electron chi connectivity index (χ0n) is 8.64. The Morgan fingerprint density at radius 1 is 1.47 bits per heavy atom. The Bertz CT molecular complexity index is 321. The molecule has 82 valence electrons. The third-order valence-electron chi connectivity index (χ3n) is 2.20. The molecule has 0 saturated heterocycles. The molecule has 4 heteroatoms. The minimum atomic E-state index is -0.364. The summed E-state index contributed by atoms with van der Waals surface area (Å²) in [4.78, 5) is 11.1. The maximum absolute atomic E-state index is 11.1. The van der Waals surface area contributed by atoms with Gasteiger partial charge in [-0.1, -0.05) is 12.1 Å². The maximum atomic E-state index is 11.1. The first-order valence-electron chi connectivity index (χ1n) is 4.73. The average Bonchev–Trinajstić information content (AvgIpc) is 2.28. The van der Waals surface area contributed by atoms with Gasteiger partial charge in [-0.3, -0.25) is 0 Å². The van der Waals surface area contributed by atoms with E-state index in [0.29, 0.717) is 12.0 Å². The van der Waals surface area contributed by atoms with Crippen LogP contribution in [-0.2, 0) is 4.74 Å². The molecule has 4 nitrogen and oxygen atoms in total. The number of ether oxygens (including phenoxy) is 1. The summed E-state index contributed by atoms with van der Waals surface area (Å²) in [5.41, 5.74) is 7.19. The lowest BCUT2D eigenvalue weighted by Crippen LogP contribution is -2.12. The fourth-order valence-corrected chi connectivity index (χ4v) is 1.29. The van der Waals surface area contributed by atoms with Crippen LogP contribution in [0.25, 0.3) is 0 Å². The molecule has 0 aromatic heterocycles. The quantitative estimate of drug-likeness (QED) is 0.721. The predicted molar refractivity (Wildman–Crippen MR) is 56.4 cm³/mol. The molecule has 1 rings (SSSR count). The van der Waals surface area contributed by atoms with Gasteiger partial charge in [0.2, 0.25) is 0 Å². The van der Waals surface area contributed by atoms with E-state index in [0.717, 1.165) is 5.56 Å². The molecule has 0 bridgehead atoms. The zero-order valence-corrected chi connectivity index (χ0v) is 8.64. The average molecular weight is 209 g/mol. The summed E-state index contributed by atoms with van der Waals surface area (Å²) in [5.74, 6) is -0.364. The molecule has 0 amide bonds. The fourth-order valence-electron chi connectivity index (χ4n) is 1.29. The van der Waals surface area contributed by atoms with Gasteiger partial charge in [-0.15, -0.1) is 0 Å². The molecule has 0 saturated carbocycles. The first kappa shape index (κ1) is 11.7. The van der Waals surface area contributed by atoms with E-state index in [1.807, 2.05) is 0 Å². The number of benzene rings is 1. The zero-order chi connectivity index (χ0) is 11.3. The predicted octanol–water partition coefficient (Wildman–Crippen LogP) is 0.855. The van der Waals surface area contributed by atoms with E-state index in [4.69, 9.17) is 10.8 Å². The van der Waals surface area contributed by atoms with Crippen LogP contribution in [0.5, 0.6) is 0 Å². The van der Waals surface area contributed by atoms with Crippen LogP contribution in [0.1, 0.15) is 28.4 Å². The Balaban J connectivity index is 2.76. The van der Waals surface area contributed by atoms with E-state index in [1.54, 1.807) is 24.3 Å². The van der Waals surface area contributed by atoms with Crippen LogP contribution in [0.2, 0.25) is 0 Å². The molecule has 0 spiro atoms. The van der Waals surface area contributed by atoms with Crippen LogP contribution < -0.4 is 5.73 Å². The van der Waals surface area contributed by atoms with E-state index in [1.165, 1.54) is 7.11 Å². The molecule has 0 aliphatic carbocycles. The van der Waals surface area contributed by atoms with Crippen LogP contribution in [0, 0.1) is 0 Å². The highest BCUT2D eigenvalue weighted by Gasteiger charge is 2.08. The normalized spacial score (nSPS) is 12.2. The minimum Gasteiger partial charge on any atom is -0.465 e. The Morgan fingerprint density at radius 3 is 2.53 bits per heavy atom. The van der Waals surface area contributed by atoms with Gasteiger partial charge in [-0.2, -0.15) is 0 Å². The van der Waals surface area contributed by atoms with Crippen LogP contribution in [0.3, 0.4) is 0 Å². The molecule has 0 aliphatic rings. The van der Waals surface area contributed by atoms with Crippen molar-refractivity contribution in [2.45, 2.75) is 12.5 Å². The van der Waals surface area contributed by atoms with Gasteiger partial charge in [0.15, 0.2) is 0 Å². The Kier molecular flexibility index (Phi) is 4.27. The van der Waals surface area contributed by atoms with Gasteiger partial charge >= 0.3 is 5.97 Å². The molecule has 1 aromatic carbocycles. The number of nitrogens with two attached hydrogens (primary N) is 1. The highest BCUT2D eigenvalue weighted by atomic mass is 16.5. The first-order chi connectivity index (χ1) is 7.19. The van der Waals surface area contributed by atoms with Crippen molar-refractivity contribution in [3.8, 4) is 0 Å². The second-order valence-corrected chi connectivity index (χ2v) is 3.23. The van der Waals surface area contributed by atoms with Gasteiger partial charge in [0.25, 0.3) is 0 Å². The molecule has 0 unspecified atom stereocenters. The number of carbonyl (C=O) groups is 1. The lowest BCUT2D eigenvalue weighted by molar-refractivity contribution is 0.0600. The molecule has 15 heavy (non-hydrogen) atoms. The molecule has 1 aromatic rings. The second kappa shape index (κ2) is 5.48. The molecule has 1 atom stereocenters. The van der Waals surface area contributed by atoms with Crippen molar-refractivity contribution in [2.24, 2.45) is 5.73 Å². The summed E-state index contributed by atoms with van der Waals surface area (Å²) in [7, 11) is 1.34. The number of aliphatic hydroxyl groups excluding tert-OH is 1. The molecule has 0 radical (unpaired) electrons. The van der Waals surface area contributed by atoms with Crippen LogP contribution in [0.4, 0.5) is 0 Å². The number of hydrogen-bond acceptors (Lipinski definition) is 4. The molecule has 0 fully saturated rings. The Morgan fingerprint density at radius 2 is 2.07 bits per heavy atom. The number of hydrogen-bond donors (Lipinski definition) is 2. The largest absolute Gasteiger partial charge is 0.465 e. The van der Waals surface area contributed by atoms with E-state index in [2.05, 4.69) is 4.74 Å². The van der Waals surface area contributed by atoms with E-state index in [9.17, 15) is 4.79 Å². The van der Waals surface area contributed by atoms with E-state index >= 15 is 0 Å². The molecular weight excluding hydrogens is 194 g/mol. The number of aliphatic hydroxyl groups is 1. The van der Waals surface area contributed by atoms with Crippen molar-refractivity contribution < 1.29 is 14.6 Å². The lowest BCUT2D eigenvalue weighted by Gasteiger charge is -2.10. The van der Waals surface area contributed by atoms with Crippen LogP contribution in [0.15, 0.2) is 24.3 Å². The number of esters is 1. The van der Waals surface area contributed by atoms with Gasteiger partial charge in [0.05, 0.1) is 12.7 Å². The van der Waals surface area contributed by atoms with Crippen molar-refractivity contribution in [1.29, 1.82) is 0 Å². The van der Waals surface area contributed by atoms with Gasteiger partial charge in [0, 0.05) is 12.6 Å². The summed E-state index contributed by atoms with van der Waals surface area (Å²) in [6, 6.07) is 6.68. The summed E-state index contributed by atoms with van der Waals surface area (Å²) < 4.78 is 4.57. The monoisotopic (exact) mass is 209 g/mol. The number of methoxy groups -OCH3 is 1. The fraction of sp³-hybridized carbons (Fsp3) is 0.364. The summed E-state index contributed by atoms with van der Waals surface area (Å²) >= 11 is 0. The van der Waals surface area contributed by atoms with Crippen molar-refractivity contribution in [2.75, 3.05) is 13.7 Å². The standard InChI is InChI=1S/C11H15NO3/c1-15-11(14)9-4-2-8(3-5-9)10(12)6-7-13/h2-5,10,13H,6-7,12H2,1H3/t10-/m1/s1. The highest BCUT2D eigenvalue weighted by molar-refractivity contribution is 5.89. The Labute approximate surface area is 88.7 Å². The number of rotatable bonds is 4. The van der Waals surface area contributed by atoms with Gasteiger partial charge < -0.3 is 15.6 Å². The van der Waals surface area contributed by atoms with Crippen LogP contribution >= 0.6 is 0 Å². The summed E-state index contributed by atoms with van der Waals surface area (Å²) in [6.45, 7) is 0.0555. The van der Waals surface area contributed by atoms with Crippen molar-refractivity contribution in [3.63, 3.8) is 0 Å². The van der Waals surface area contributed by atoms with Crippen LogP contribution in [-0.4, -0.2) is 24.8 Å². The summed E-state index contributed by atoms with van der Waals surface area (Å²) in [5, 5.41) is 8.72. The summed E-state index contributed by atoms with van der Waals surface area (Å²) in [6.07, 6.45) is 0.511. The smallest absolute Gasteiger partial charge is 0.337 e. The third kappa shape index (κ3) is 3.04. The van der Waals surface area contributed by atoms with Crippen molar-refractivity contribution >= 4 is 5.97 Å². The SMILES string of the molecule is COC(=O)c1ccc([C@H](N)CCO)cc1. The molecule has 0 heterocycles. The van der Waals surface area contributed by atoms with E-state index < -0.39 is 0 Å². The maximum Gasteiger partial charge on any atom is 0.337 e. The van der Waals surface area contributed by atoms with Crippen molar-refractivity contribution in [1.82, 2.24) is 0 Å². The second-order valence-electron chi connectivity index (χ2n) is 3.23. The minimum absolute atomic E-state index is 0.0555.